The van der Waals surface area contributed by atoms with Crippen LogP contribution in [0.3, 0.4) is 0 Å². The number of hydrogen-bond donors (Lipinski definition) is 1. The van der Waals surface area contributed by atoms with Crippen molar-refractivity contribution in [2.45, 2.75) is 25.7 Å². The Kier molecular flexibility index (Phi) is 5.09. The molecule has 2 amide bonds. The van der Waals surface area contributed by atoms with Crippen LogP contribution in [0.2, 0.25) is 0 Å². The molecule has 108 valence electrons. The fraction of sp³-hybridized carbons (Fsp3) is 0.467. The number of hydrogen-bond acceptors (Lipinski definition) is 2. The van der Waals surface area contributed by atoms with Gasteiger partial charge in [0.05, 0.1) is 0 Å². The average molecular weight is 278 g/mol. The number of halogens is 1. The Bertz CT molecular complexity index is 467. The molecule has 5 heteroatoms. The zero-order valence-corrected chi connectivity index (χ0v) is 11.4. The smallest absolute Gasteiger partial charge is 0.251 e. The maximum Gasteiger partial charge on any atom is 0.251 e. The molecule has 0 saturated carbocycles. The van der Waals surface area contributed by atoms with E-state index in [-0.39, 0.29) is 17.6 Å². The summed E-state index contributed by atoms with van der Waals surface area (Å²) in [6.07, 6.45) is 3.62. The molecule has 1 aromatic rings. The number of benzene rings is 1. The Labute approximate surface area is 118 Å². The van der Waals surface area contributed by atoms with Crippen LogP contribution in [0.4, 0.5) is 4.39 Å². The predicted octanol–water partition coefficient (Wildman–Crippen LogP) is 1.96. The number of nitrogens with zero attached hydrogens (tertiary/aromatic N) is 1. The Balaban J connectivity index is 1.73. The maximum atomic E-state index is 12.7. The van der Waals surface area contributed by atoms with E-state index in [1.807, 2.05) is 4.90 Å². The maximum absolute atomic E-state index is 12.7. The highest BCUT2D eigenvalue weighted by molar-refractivity contribution is 5.94. The summed E-state index contributed by atoms with van der Waals surface area (Å²) in [4.78, 5) is 25.5. The van der Waals surface area contributed by atoms with Gasteiger partial charge in [-0.25, -0.2) is 4.39 Å². The fourth-order valence-electron chi connectivity index (χ4n) is 2.29. The van der Waals surface area contributed by atoms with E-state index in [0.29, 0.717) is 18.5 Å². The van der Waals surface area contributed by atoms with E-state index in [1.54, 1.807) is 0 Å². The van der Waals surface area contributed by atoms with Gasteiger partial charge in [0.25, 0.3) is 5.91 Å². The van der Waals surface area contributed by atoms with Crippen LogP contribution in [0.25, 0.3) is 0 Å². The van der Waals surface area contributed by atoms with Crippen LogP contribution in [0.1, 0.15) is 36.0 Å². The summed E-state index contributed by atoms with van der Waals surface area (Å²) in [6, 6.07) is 5.34. The number of likely N-dealkylation sites (tertiary alicyclic amines) is 1. The normalized spacial score (nSPS) is 14.9. The topological polar surface area (TPSA) is 49.4 Å². The van der Waals surface area contributed by atoms with Gasteiger partial charge in [-0.1, -0.05) is 0 Å². The molecule has 0 bridgehead atoms. The van der Waals surface area contributed by atoms with Crippen molar-refractivity contribution in [1.29, 1.82) is 0 Å². The number of carbonyl (C=O) groups is 2. The Morgan fingerprint density at radius 2 is 1.75 bits per heavy atom. The van der Waals surface area contributed by atoms with Gasteiger partial charge in [-0.05, 0) is 43.5 Å². The van der Waals surface area contributed by atoms with Gasteiger partial charge in [0, 0.05) is 31.6 Å². The van der Waals surface area contributed by atoms with Crippen LogP contribution in [0.5, 0.6) is 0 Å². The quantitative estimate of drug-likeness (QED) is 0.915. The third-order valence-corrected chi connectivity index (χ3v) is 3.44. The monoisotopic (exact) mass is 278 g/mol. The average Bonchev–Trinajstić information content (AvgIpc) is 2.48. The number of nitrogens with one attached hydrogen (secondary N) is 1. The molecule has 0 aliphatic carbocycles. The summed E-state index contributed by atoms with van der Waals surface area (Å²) in [5.74, 6) is -0.567. The van der Waals surface area contributed by atoms with Crippen LogP contribution in [-0.4, -0.2) is 36.3 Å². The zero-order valence-electron chi connectivity index (χ0n) is 11.4. The van der Waals surface area contributed by atoms with Crippen LogP contribution in [0.15, 0.2) is 24.3 Å². The van der Waals surface area contributed by atoms with E-state index < -0.39 is 0 Å². The summed E-state index contributed by atoms with van der Waals surface area (Å²) in [5.41, 5.74) is 0.400. The molecule has 4 nitrogen and oxygen atoms in total. The highest BCUT2D eigenvalue weighted by atomic mass is 19.1. The van der Waals surface area contributed by atoms with Crippen molar-refractivity contribution in [2.24, 2.45) is 0 Å². The molecule has 0 spiro atoms. The summed E-state index contributed by atoms with van der Waals surface area (Å²) in [5, 5.41) is 2.68. The van der Waals surface area contributed by atoms with Crippen molar-refractivity contribution in [3.63, 3.8) is 0 Å². The minimum atomic E-state index is -0.373. The van der Waals surface area contributed by atoms with Crippen LogP contribution < -0.4 is 5.32 Å². The van der Waals surface area contributed by atoms with Crippen molar-refractivity contribution in [2.75, 3.05) is 19.6 Å². The van der Waals surface area contributed by atoms with E-state index in [9.17, 15) is 14.0 Å². The summed E-state index contributed by atoms with van der Waals surface area (Å²) in [7, 11) is 0. The highest BCUT2D eigenvalue weighted by Gasteiger charge is 2.16. The van der Waals surface area contributed by atoms with E-state index in [1.165, 1.54) is 30.7 Å². The van der Waals surface area contributed by atoms with Crippen molar-refractivity contribution < 1.29 is 14.0 Å². The molecule has 1 aromatic carbocycles. The summed E-state index contributed by atoms with van der Waals surface area (Å²) >= 11 is 0. The van der Waals surface area contributed by atoms with Crippen LogP contribution in [-0.2, 0) is 4.79 Å². The van der Waals surface area contributed by atoms with Crippen molar-refractivity contribution >= 4 is 11.8 Å². The lowest BCUT2D eigenvalue weighted by Gasteiger charge is -2.26. The Morgan fingerprint density at radius 3 is 2.40 bits per heavy atom. The lowest BCUT2D eigenvalue weighted by atomic mass is 10.1. The second-order valence-corrected chi connectivity index (χ2v) is 4.95. The first kappa shape index (κ1) is 14.5. The molecule has 1 aliphatic rings. The number of carbonyl (C=O) groups excluding carboxylic acids is 2. The second-order valence-electron chi connectivity index (χ2n) is 4.95. The van der Waals surface area contributed by atoms with Crippen LogP contribution in [0, 0.1) is 5.82 Å². The number of piperidine rings is 1. The number of amides is 2. The van der Waals surface area contributed by atoms with Crippen molar-refractivity contribution in [3.8, 4) is 0 Å². The molecule has 1 N–H and O–H groups in total. The first-order chi connectivity index (χ1) is 9.66. The SMILES string of the molecule is O=C(NCCC(=O)N1CCCCC1)c1ccc(F)cc1. The van der Waals surface area contributed by atoms with Gasteiger partial charge in [-0.3, -0.25) is 9.59 Å². The molecule has 1 heterocycles. The van der Waals surface area contributed by atoms with Gasteiger partial charge in [0.2, 0.25) is 5.91 Å². The second kappa shape index (κ2) is 7.03. The van der Waals surface area contributed by atoms with E-state index >= 15 is 0 Å². The lowest BCUT2D eigenvalue weighted by Crippen LogP contribution is -2.37. The Hall–Kier alpha value is -1.91. The van der Waals surface area contributed by atoms with Crippen molar-refractivity contribution in [3.05, 3.63) is 35.6 Å². The van der Waals surface area contributed by atoms with Crippen molar-refractivity contribution in [1.82, 2.24) is 10.2 Å². The molecule has 1 saturated heterocycles. The molecule has 1 aliphatic heterocycles. The van der Waals surface area contributed by atoms with Gasteiger partial charge in [0.1, 0.15) is 5.82 Å². The highest BCUT2D eigenvalue weighted by Crippen LogP contribution is 2.09. The molecule has 20 heavy (non-hydrogen) atoms. The first-order valence-corrected chi connectivity index (χ1v) is 6.98. The van der Waals surface area contributed by atoms with Gasteiger partial charge < -0.3 is 10.2 Å². The molecule has 0 radical (unpaired) electrons. The predicted molar refractivity (Wildman–Crippen MR) is 73.8 cm³/mol. The Morgan fingerprint density at radius 1 is 1.10 bits per heavy atom. The summed E-state index contributed by atoms with van der Waals surface area (Å²) in [6.45, 7) is 1.96. The molecule has 2 rings (SSSR count). The van der Waals surface area contributed by atoms with E-state index in [0.717, 1.165) is 25.9 Å². The fourth-order valence-corrected chi connectivity index (χ4v) is 2.29. The van der Waals surface area contributed by atoms with Gasteiger partial charge in [-0.15, -0.1) is 0 Å². The minimum absolute atomic E-state index is 0.0871. The summed E-state index contributed by atoms with van der Waals surface area (Å²) < 4.78 is 12.7. The van der Waals surface area contributed by atoms with Gasteiger partial charge in [0.15, 0.2) is 0 Å². The third-order valence-electron chi connectivity index (χ3n) is 3.44. The molecular formula is C15H19FN2O2. The molecule has 0 atom stereocenters. The third kappa shape index (κ3) is 4.05. The molecule has 0 unspecified atom stereocenters. The molecule has 0 aromatic heterocycles. The number of rotatable bonds is 4. The van der Waals surface area contributed by atoms with Gasteiger partial charge in [-0.2, -0.15) is 0 Å². The van der Waals surface area contributed by atoms with E-state index in [4.69, 9.17) is 0 Å². The minimum Gasteiger partial charge on any atom is -0.352 e. The molecular weight excluding hydrogens is 259 g/mol. The zero-order chi connectivity index (χ0) is 14.4. The largest absolute Gasteiger partial charge is 0.352 e. The van der Waals surface area contributed by atoms with E-state index in [2.05, 4.69) is 5.32 Å². The van der Waals surface area contributed by atoms with Crippen LogP contribution >= 0.6 is 0 Å². The molecule has 1 fully saturated rings. The van der Waals surface area contributed by atoms with Gasteiger partial charge >= 0.3 is 0 Å². The standard InChI is InChI=1S/C15H19FN2O2/c16-13-6-4-12(5-7-13)15(20)17-9-8-14(19)18-10-2-1-3-11-18/h4-7H,1-3,8-11H2,(H,17,20). The lowest BCUT2D eigenvalue weighted by molar-refractivity contribution is -0.131. The first-order valence-electron chi connectivity index (χ1n) is 6.98.